The van der Waals surface area contributed by atoms with E-state index in [4.69, 9.17) is 33.7 Å². The SMILES string of the molecule is CCOC(=O)N1CCc2c(sc(NC(=O)c3cc(Cl)ccc3Cl)c2C(N)=O)C1. The van der Waals surface area contributed by atoms with Crippen molar-refractivity contribution >= 4 is 57.4 Å². The Morgan fingerprint density at radius 3 is 2.75 bits per heavy atom. The quantitative estimate of drug-likeness (QED) is 0.749. The average Bonchev–Trinajstić information content (AvgIpc) is 3.00. The van der Waals surface area contributed by atoms with E-state index in [2.05, 4.69) is 5.32 Å². The number of nitrogens with two attached hydrogens (primary N) is 1. The second-order valence-electron chi connectivity index (χ2n) is 6.02. The Labute approximate surface area is 175 Å². The molecule has 0 spiro atoms. The molecule has 10 heteroatoms. The van der Waals surface area contributed by atoms with Gasteiger partial charge in [-0.1, -0.05) is 23.2 Å². The molecule has 3 N–H and O–H groups in total. The van der Waals surface area contributed by atoms with Crippen molar-refractivity contribution < 1.29 is 19.1 Å². The van der Waals surface area contributed by atoms with Crippen LogP contribution in [0, 0.1) is 0 Å². The highest BCUT2D eigenvalue weighted by Gasteiger charge is 2.30. The van der Waals surface area contributed by atoms with E-state index < -0.39 is 17.9 Å². The first-order valence-electron chi connectivity index (χ1n) is 8.44. The van der Waals surface area contributed by atoms with E-state index in [1.54, 1.807) is 17.9 Å². The highest BCUT2D eigenvalue weighted by molar-refractivity contribution is 7.17. The van der Waals surface area contributed by atoms with Gasteiger partial charge in [-0.15, -0.1) is 11.3 Å². The Bertz CT molecular complexity index is 961. The molecule has 0 atom stereocenters. The van der Waals surface area contributed by atoms with E-state index in [0.29, 0.717) is 23.0 Å². The van der Waals surface area contributed by atoms with Crippen LogP contribution < -0.4 is 11.1 Å². The van der Waals surface area contributed by atoms with Crippen LogP contribution in [0.15, 0.2) is 18.2 Å². The molecule has 0 fully saturated rings. The minimum absolute atomic E-state index is 0.184. The molecule has 148 valence electrons. The number of amides is 3. The first kappa shape index (κ1) is 20.4. The predicted octanol–water partition coefficient (Wildman–Crippen LogP) is 3.92. The number of nitrogens with zero attached hydrogens (tertiary/aromatic N) is 1. The monoisotopic (exact) mass is 441 g/mol. The van der Waals surface area contributed by atoms with Crippen molar-refractivity contribution in [3.63, 3.8) is 0 Å². The van der Waals surface area contributed by atoms with Gasteiger partial charge in [0.15, 0.2) is 0 Å². The molecular formula is C18H17Cl2N3O4S. The number of primary amides is 1. The van der Waals surface area contributed by atoms with Crippen LogP contribution in [0.3, 0.4) is 0 Å². The minimum Gasteiger partial charge on any atom is -0.450 e. The van der Waals surface area contributed by atoms with Gasteiger partial charge in [0.1, 0.15) is 5.00 Å². The van der Waals surface area contributed by atoms with Crippen LogP contribution in [0.5, 0.6) is 0 Å². The summed E-state index contributed by atoms with van der Waals surface area (Å²) in [5, 5.41) is 3.62. The van der Waals surface area contributed by atoms with Gasteiger partial charge in [-0.2, -0.15) is 0 Å². The molecule has 0 radical (unpaired) electrons. The van der Waals surface area contributed by atoms with Crippen LogP contribution in [0.1, 0.15) is 38.1 Å². The summed E-state index contributed by atoms with van der Waals surface area (Å²) in [6, 6.07) is 4.53. The average molecular weight is 442 g/mol. The van der Waals surface area contributed by atoms with Crippen LogP contribution in [0.2, 0.25) is 10.0 Å². The maximum atomic E-state index is 12.6. The van der Waals surface area contributed by atoms with E-state index in [9.17, 15) is 14.4 Å². The number of benzene rings is 1. The smallest absolute Gasteiger partial charge is 0.410 e. The molecule has 3 rings (SSSR count). The molecule has 3 amide bonds. The van der Waals surface area contributed by atoms with Gasteiger partial charge in [0.2, 0.25) is 0 Å². The number of nitrogens with one attached hydrogen (secondary N) is 1. The molecule has 7 nitrogen and oxygen atoms in total. The molecule has 0 aliphatic carbocycles. The largest absolute Gasteiger partial charge is 0.450 e. The number of anilines is 1. The van der Waals surface area contributed by atoms with E-state index in [1.165, 1.54) is 23.5 Å². The summed E-state index contributed by atoms with van der Waals surface area (Å²) in [4.78, 5) is 39.0. The highest BCUT2D eigenvalue weighted by Crippen LogP contribution is 2.37. The van der Waals surface area contributed by atoms with Crippen LogP contribution in [-0.2, 0) is 17.7 Å². The number of hydrogen-bond acceptors (Lipinski definition) is 5. The zero-order valence-corrected chi connectivity index (χ0v) is 17.2. The van der Waals surface area contributed by atoms with Gasteiger partial charge in [-0.3, -0.25) is 9.59 Å². The number of halogens is 2. The van der Waals surface area contributed by atoms with Crippen molar-refractivity contribution in [2.75, 3.05) is 18.5 Å². The number of carbonyl (C=O) groups excluding carboxylic acids is 3. The molecule has 28 heavy (non-hydrogen) atoms. The lowest BCUT2D eigenvalue weighted by atomic mass is 10.0. The highest BCUT2D eigenvalue weighted by atomic mass is 35.5. The Morgan fingerprint density at radius 1 is 1.32 bits per heavy atom. The lowest BCUT2D eigenvalue weighted by molar-refractivity contribution is 0.0997. The summed E-state index contributed by atoms with van der Waals surface area (Å²) in [7, 11) is 0. The van der Waals surface area contributed by atoms with Crippen molar-refractivity contribution in [1.29, 1.82) is 0 Å². The van der Waals surface area contributed by atoms with Crippen molar-refractivity contribution in [3.05, 3.63) is 49.8 Å². The van der Waals surface area contributed by atoms with Crippen LogP contribution >= 0.6 is 34.5 Å². The summed E-state index contributed by atoms with van der Waals surface area (Å²) < 4.78 is 5.03. The lowest BCUT2D eigenvalue weighted by Crippen LogP contribution is -2.36. The second kappa shape index (κ2) is 8.38. The van der Waals surface area contributed by atoms with Gasteiger partial charge in [0.25, 0.3) is 11.8 Å². The summed E-state index contributed by atoms with van der Waals surface area (Å²) in [6.45, 7) is 2.70. The first-order valence-corrected chi connectivity index (χ1v) is 10.0. The van der Waals surface area contributed by atoms with Crippen LogP contribution in [0.25, 0.3) is 0 Å². The zero-order valence-electron chi connectivity index (χ0n) is 14.9. The predicted molar refractivity (Wildman–Crippen MR) is 108 cm³/mol. The number of ether oxygens (including phenoxy) is 1. The number of fused-ring (bicyclic) bond motifs is 1. The lowest BCUT2D eigenvalue weighted by Gasteiger charge is -2.26. The second-order valence-corrected chi connectivity index (χ2v) is 7.97. The topological polar surface area (TPSA) is 102 Å². The van der Waals surface area contributed by atoms with Crippen LogP contribution in [-0.4, -0.2) is 36.0 Å². The number of thiophene rings is 1. The normalized spacial score (nSPS) is 13.0. The number of hydrogen-bond donors (Lipinski definition) is 2. The van der Waals surface area contributed by atoms with Gasteiger partial charge in [0, 0.05) is 16.4 Å². The number of rotatable bonds is 4. The van der Waals surface area contributed by atoms with E-state index in [-0.39, 0.29) is 29.3 Å². The molecule has 2 heterocycles. The molecule has 1 aromatic carbocycles. The summed E-state index contributed by atoms with van der Waals surface area (Å²) in [5.74, 6) is -1.15. The maximum absolute atomic E-state index is 12.6. The van der Waals surface area contributed by atoms with Gasteiger partial charge >= 0.3 is 6.09 Å². The molecule has 0 bridgehead atoms. The van der Waals surface area contributed by atoms with Crippen molar-refractivity contribution in [1.82, 2.24) is 4.90 Å². The minimum atomic E-state index is -0.644. The third kappa shape index (κ3) is 4.09. The Balaban J connectivity index is 1.90. The standard InChI is InChI=1S/C18H17Cl2N3O4S/c1-2-27-18(26)23-6-5-10-13(8-23)28-17(14(10)15(21)24)22-16(25)11-7-9(19)3-4-12(11)20/h3-4,7H,2,5-6,8H2,1H3,(H2,21,24)(H,22,25). The van der Waals surface area contributed by atoms with Gasteiger partial charge in [-0.05, 0) is 37.1 Å². The third-order valence-electron chi connectivity index (χ3n) is 4.23. The van der Waals surface area contributed by atoms with E-state index >= 15 is 0 Å². The fourth-order valence-corrected chi connectivity index (χ4v) is 4.60. The van der Waals surface area contributed by atoms with Crippen molar-refractivity contribution in [3.8, 4) is 0 Å². The van der Waals surface area contributed by atoms with Crippen molar-refractivity contribution in [2.45, 2.75) is 19.9 Å². The van der Waals surface area contributed by atoms with Gasteiger partial charge < -0.3 is 20.7 Å². The molecule has 0 unspecified atom stereocenters. The maximum Gasteiger partial charge on any atom is 0.410 e. The number of carbonyl (C=O) groups is 3. The summed E-state index contributed by atoms with van der Waals surface area (Å²) in [6.07, 6.45) is 0.0231. The zero-order chi connectivity index (χ0) is 20.4. The molecule has 2 aromatic rings. The summed E-state index contributed by atoms with van der Waals surface area (Å²) in [5.41, 5.74) is 6.74. The van der Waals surface area contributed by atoms with Gasteiger partial charge in [0.05, 0.1) is 29.3 Å². The Hall–Kier alpha value is -2.29. The van der Waals surface area contributed by atoms with E-state index in [1.807, 2.05) is 0 Å². The Kier molecular flexibility index (Phi) is 6.12. The van der Waals surface area contributed by atoms with Gasteiger partial charge in [-0.25, -0.2) is 4.79 Å². The fraction of sp³-hybridized carbons (Fsp3) is 0.278. The molecule has 1 aliphatic rings. The summed E-state index contributed by atoms with van der Waals surface area (Å²) >= 11 is 13.2. The molecule has 1 aliphatic heterocycles. The third-order valence-corrected chi connectivity index (χ3v) is 5.93. The first-order chi connectivity index (χ1) is 13.3. The fourth-order valence-electron chi connectivity index (χ4n) is 2.96. The molecule has 0 saturated carbocycles. The molecule has 1 aromatic heterocycles. The Morgan fingerprint density at radius 2 is 2.07 bits per heavy atom. The molecular weight excluding hydrogens is 425 g/mol. The molecule has 0 saturated heterocycles. The van der Waals surface area contributed by atoms with Crippen LogP contribution in [0.4, 0.5) is 9.80 Å². The van der Waals surface area contributed by atoms with Crippen molar-refractivity contribution in [2.24, 2.45) is 5.73 Å². The van der Waals surface area contributed by atoms with E-state index in [0.717, 1.165) is 10.4 Å².